The maximum Gasteiger partial charge on any atom is 0.416 e. The van der Waals surface area contributed by atoms with Gasteiger partial charge in [0.2, 0.25) is 0 Å². The highest BCUT2D eigenvalue weighted by atomic mass is 19.4. The molecule has 0 amide bonds. The van der Waals surface area contributed by atoms with Gasteiger partial charge in [0.05, 0.1) is 35.4 Å². The molecule has 6 nitrogen and oxygen atoms in total. The highest BCUT2D eigenvalue weighted by Crippen LogP contribution is 2.42. The molecule has 1 aliphatic heterocycles. The van der Waals surface area contributed by atoms with Crippen molar-refractivity contribution in [2.24, 2.45) is 0 Å². The van der Waals surface area contributed by atoms with E-state index in [0.29, 0.717) is 37.3 Å². The van der Waals surface area contributed by atoms with Crippen LogP contribution in [0.4, 0.5) is 26.3 Å². The molecule has 0 aliphatic carbocycles. The zero-order valence-corrected chi connectivity index (χ0v) is 20.0. The first-order valence-electron chi connectivity index (χ1n) is 11.7. The molecule has 2 aromatic carbocycles. The van der Waals surface area contributed by atoms with Crippen molar-refractivity contribution in [2.45, 2.75) is 63.3 Å². The second kappa shape index (κ2) is 10.3. The molecule has 0 bridgehead atoms. The lowest BCUT2D eigenvalue weighted by molar-refractivity contribution is -0.143. The summed E-state index contributed by atoms with van der Waals surface area (Å²) in [5.41, 5.74) is -2.57. The van der Waals surface area contributed by atoms with Crippen LogP contribution in [0.2, 0.25) is 0 Å². The van der Waals surface area contributed by atoms with E-state index < -0.39 is 41.4 Å². The van der Waals surface area contributed by atoms with Gasteiger partial charge in [-0.15, -0.1) is 0 Å². The fraction of sp³-hybridized carbons (Fsp3) is 0.440. The van der Waals surface area contributed by atoms with Gasteiger partial charge in [-0.2, -0.15) is 31.4 Å². The first kappa shape index (κ1) is 26.9. The van der Waals surface area contributed by atoms with Gasteiger partial charge < -0.3 is 4.74 Å². The van der Waals surface area contributed by atoms with Crippen molar-refractivity contribution in [2.75, 3.05) is 6.54 Å². The molecule has 1 unspecified atom stereocenters. The monoisotopic (exact) mass is 528 g/mol. The van der Waals surface area contributed by atoms with Crippen LogP contribution in [-0.4, -0.2) is 32.7 Å². The predicted molar refractivity (Wildman–Crippen MR) is 122 cm³/mol. The molecule has 0 saturated carbocycles. The zero-order valence-electron chi connectivity index (χ0n) is 20.0. The normalized spacial score (nSPS) is 21.1. The fourth-order valence-electron chi connectivity index (χ4n) is 4.81. The minimum atomic E-state index is -4.94. The molecule has 2 heterocycles. The van der Waals surface area contributed by atoms with Gasteiger partial charge in [-0.3, -0.25) is 9.88 Å². The average Bonchev–Trinajstić information content (AvgIpc) is 3.29. The second-order valence-electron chi connectivity index (χ2n) is 9.13. The molecule has 200 valence electrons. The minimum Gasteiger partial charge on any atom is -0.369 e. The smallest absolute Gasteiger partial charge is 0.369 e. The van der Waals surface area contributed by atoms with Crippen LogP contribution in [0.5, 0.6) is 0 Å². The molecule has 3 aromatic rings. The molecule has 0 spiro atoms. The van der Waals surface area contributed by atoms with Gasteiger partial charge in [-0.25, -0.2) is 9.89 Å². The van der Waals surface area contributed by atoms with E-state index >= 15 is 0 Å². The summed E-state index contributed by atoms with van der Waals surface area (Å²) in [6.07, 6.45) is -10.3. The lowest BCUT2D eigenvalue weighted by atomic mass is 9.90. The van der Waals surface area contributed by atoms with Crippen molar-refractivity contribution in [3.63, 3.8) is 0 Å². The molecule has 2 N–H and O–H groups in total. The van der Waals surface area contributed by atoms with Gasteiger partial charge >= 0.3 is 18.0 Å². The van der Waals surface area contributed by atoms with Crippen LogP contribution in [-0.2, 0) is 17.1 Å². The Bertz CT molecular complexity index is 1220. The highest BCUT2D eigenvalue weighted by molar-refractivity contribution is 5.35. The molecule has 1 fully saturated rings. The van der Waals surface area contributed by atoms with Crippen LogP contribution in [0.1, 0.15) is 73.0 Å². The number of hydrogen-bond acceptors (Lipinski definition) is 4. The van der Waals surface area contributed by atoms with Gasteiger partial charge in [0.1, 0.15) is 5.82 Å². The molecule has 1 aromatic heterocycles. The minimum absolute atomic E-state index is 0.109. The van der Waals surface area contributed by atoms with Crippen LogP contribution < -0.4 is 5.69 Å². The molecule has 0 radical (unpaired) electrons. The van der Waals surface area contributed by atoms with E-state index in [9.17, 15) is 31.1 Å². The van der Waals surface area contributed by atoms with Crippen molar-refractivity contribution in [3.8, 4) is 0 Å². The van der Waals surface area contributed by atoms with Crippen molar-refractivity contribution >= 4 is 0 Å². The quantitative estimate of drug-likeness (QED) is 0.375. The Morgan fingerprint density at radius 1 is 1.00 bits per heavy atom. The summed E-state index contributed by atoms with van der Waals surface area (Å²) in [5.74, 6) is 0.410. The van der Waals surface area contributed by atoms with E-state index in [-0.39, 0.29) is 23.7 Å². The number of aromatic nitrogens is 3. The van der Waals surface area contributed by atoms with E-state index in [1.54, 1.807) is 0 Å². The van der Waals surface area contributed by atoms with Gasteiger partial charge in [0.25, 0.3) is 0 Å². The van der Waals surface area contributed by atoms with Crippen molar-refractivity contribution in [1.82, 2.24) is 20.1 Å². The molecule has 1 aliphatic rings. The van der Waals surface area contributed by atoms with Crippen molar-refractivity contribution in [3.05, 3.63) is 87.1 Å². The van der Waals surface area contributed by atoms with Crippen LogP contribution in [0, 0.1) is 0 Å². The van der Waals surface area contributed by atoms with Gasteiger partial charge in [0.15, 0.2) is 0 Å². The van der Waals surface area contributed by atoms with E-state index in [1.807, 2.05) is 37.3 Å². The summed E-state index contributed by atoms with van der Waals surface area (Å²) in [4.78, 5) is 16.3. The highest BCUT2D eigenvalue weighted by Gasteiger charge is 2.40. The molecule has 1 saturated heterocycles. The van der Waals surface area contributed by atoms with E-state index in [4.69, 9.17) is 4.74 Å². The molecular weight excluding hydrogens is 502 g/mol. The third-order valence-corrected chi connectivity index (χ3v) is 6.63. The third-order valence-electron chi connectivity index (χ3n) is 6.63. The number of rotatable bonds is 6. The Kier molecular flexibility index (Phi) is 7.52. The molecule has 12 heteroatoms. The number of ether oxygens (including phenoxy) is 1. The Hall–Kier alpha value is -3.12. The molecular formula is C25H26F6N4O2. The van der Waals surface area contributed by atoms with Gasteiger partial charge in [0, 0.05) is 0 Å². The summed E-state index contributed by atoms with van der Waals surface area (Å²) in [6.45, 7) is 3.92. The summed E-state index contributed by atoms with van der Waals surface area (Å²) < 4.78 is 86.6. The lowest BCUT2D eigenvalue weighted by Gasteiger charge is -2.44. The average molecular weight is 528 g/mol. The number of H-pyrrole nitrogens is 2. The van der Waals surface area contributed by atoms with E-state index in [1.165, 1.54) is 6.92 Å². The van der Waals surface area contributed by atoms with Gasteiger partial charge in [-0.1, -0.05) is 30.3 Å². The molecule has 4 rings (SSSR count). The number of alkyl halides is 6. The van der Waals surface area contributed by atoms with Gasteiger partial charge in [-0.05, 0) is 62.6 Å². The zero-order chi connectivity index (χ0) is 27.0. The number of benzene rings is 2. The lowest BCUT2D eigenvalue weighted by Crippen LogP contribution is -2.44. The predicted octanol–water partition coefficient (Wildman–Crippen LogP) is 6.18. The summed E-state index contributed by atoms with van der Waals surface area (Å²) in [7, 11) is 0. The number of hydrogen-bond donors (Lipinski definition) is 2. The summed E-state index contributed by atoms with van der Waals surface area (Å²) in [6, 6.07) is 10.1. The van der Waals surface area contributed by atoms with Crippen LogP contribution in [0.25, 0.3) is 0 Å². The largest absolute Gasteiger partial charge is 0.416 e. The van der Waals surface area contributed by atoms with Crippen LogP contribution in [0.15, 0.2) is 53.3 Å². The number of nitrogens with zero attached hydrogens (tertiary/aromatic N) is 2. The third kappa shape index (κ3) is 6.07. The first-order chi connectivity index (χ1) is 17.3. The fourth-order valence-corrected chi connectivity index (χ4v) is 4.81. The standard InChI is InChI=1S/C25H26F6N4O2/c1-14(22-32-23(36)34-33-22)35-10-6-9-20(21(35)16-7-4-3-5-8-16)37-15(2)17-11-18(24(26,27)28)13-19(12-17)25(29,30)31/h3-5,7-8,11-15,20-21H,6,9-10H2,1-2H3,(H2,32,33,34,36)/t14?,15-,20+,21+/m1/s1. The summed E-state index contributed by atoms with van der Waals surface area (Å²) >= 11 is 0. The Morgan fingerprint density at radius 2 is 1.62 bits per heavy atom. The van der Waals surface area contributed by atoms with Crippen molar-refractivity contribution in [1.29, 1.82) is 0 Å². The Labute approximate surface area is 208 Å². The molecule has 4 atom stereocenters. The number of nitrogens with one attached hydrogen (secondary N) is 2. The number of piperidine rings is 1. The maximum absolute atomic E-state index is 13.4. The maximum atomic E-state index is 13.4. The SMILES string of the molecule is CC(c1n[nH]c(=O)[nH]1)N1CCC[C@H](O[C@H](C)c2cc(C(F)(F)F)cc(C(F)(F)F)c2)[C@@H]1c1ccccc1. The topological polar surface area (TPSA) is 74.0 Å². The van der Waals surface area contributed by atoms with Crippen LogP contribution >= 0.6 is 0 Å². The van der Waals surface area contributed by atoms with E-state index in [0.717, 1.165) is 5.56 Å². The molecule has 37 heavy (non-hydrogen) atoms. The van der Waals surface area contributed by atoms with Crippen LogP contribution in [0.3, 0.4) is 0 Å². The first-order valence-corrected chi connectivity index (χ1v) is 11.7. The number of halogens is 6. The summed E-state index contributed by atoms with van der Waals surface area (Å²) in [5, 5.41) is 6.37. The number of likely N-dealkylation sites (tertiary alicyclic amines) is 1. The Balaban J connectivity index is 1.68. The van der Waals surface area contributed by atoms with Crippen molar-refractivity contribution < 1.29 is 31.1 Å². The second-order valence-corrected chi connectivity index (χ2v) is 9.13. The van der Waals surface area contributed by atoms with E-state index in [2.05, 4.69) is 20.1 Å². The Morgan fingerprint density at radius 3 is 2.16 bits per heavy atom. The number of aromatic amines is 2.